The van der Waals surface area contributed by atoms with Gasteiger partial charge < -0.3 is 10.4 Å². The number of aliphatic hydroxyl groups is 1. The van der Waals surface area contributed by atoms with Crippen LogP contribution in [0.15, 0.2) is 29.2 Å². The molecule has 0 aliphatic heterocycles. The van der Waals surface area contributed by atoms with Gasteiger partial charge in [-0.15, -0.1) is 0 Å². The summed E-state index contributed by atoms with van der Waals surface area (Å²) in [4.78, 5) is 12.1. The van der Waals surface area contributed by atoms with E-state index in [-0.39, 0.29) is 17.3 Å². The van der Waals surface area contributed by atoms with Gasteiger partial charge in [-0.3, -0.25) is 4.79 Å². The molecule has 2 N–H and O–H groups in total. The Morgan fingerprint density at radius 2 is 1.86 bits per heavy atom. The van der Waals surface area contributed by atoms with Gasteiger partial charge in [0.2, 0.25) is 10.0 Å². The molecule has 0 heterocycles. The van der Waals surface area contributed by atoms with Crippen LogP contribution in [-0.2, 0) is 10.0 Å². The second-order valence-corrected chi connectivity index (χ2v) is 8.44. The Bertz CT molecular complexity index is 610. The molecule has 1 unspecified atom stereocenters. The van der Waals surface area contributed by atoms with E-state index in [0.717, 1.165) is 4.31 Å². The first-order valence-electron chi connectivity index (χ1n) is 6.62. The molecule has 0 aliphatic carbocycles. The second-order valence-electron chi connectivity index (χ2n) is 5.42. The highest BCUT2D eigenvalue weighted by Crippen LogP contribution is 2.14. The zero-order valence-corrected chi connectivity index (χ0v) is 14.8. The molecule has 124 valence electrons. The molecule has 1 amide bonds. The zero-order chi connectivity index (χ0) is 17.0. The summed E-state index contributed by atoms with van der Waals surface area (Å²) in [6.45, 7) is 1.78. The van der Waals surface area contributed by atoms with Gasteiger partial charge in [-0.05, 0) is 37.4 Å². The van der Waals surface area contributed by atoms with Crippen LogP contribution in [0.4, 0.5) is 0 Å². The number of thioether (sulfide) groups is 1. The van der Waals surface area contributed by atoms with Crippen LogP contribution < -0.4 is 5.32 Å². The van der Waals surface area contributed by atoms with Crippen molar-refractivity contribution in [2.24, 2.45) is 0 Å². The molecule has 1 rings (SSSR count). The van der Waals surface area contributed by atoms with E-state index in [1.807, 2.05) is 6.26 Å². The van der Waals surface area contributed by atoms with Crippen LogP contribution >= 0.6 is 11.8 Å². The molecule has 0 bridgehead atoms. The van der Waals surface area contributed by atoms with Crippen molar-refractivity contribution in [1.29, 1.82) is 0 Å². The molecule has 1 aromatic carbocycles. The van der Waals surface area contributed by atoms with Gasteiger partial charge in [0, 0.05) is 32.0 Å². The summed E-state index contributed by atoms with van der Waals surface area (Å²) in [6.07, 6.45) is 1.88. The molecular weight excluding hydrogens is 324 g/mol. The minimum absolute atomic E-state index is 0.128. The van der Waals surface area contributed by atoms with Crippen molar-refractivity contribution in [3.05, 3.63) is 29.8 Å². The Morgan fingerprint density at radius 3 is 2.32 bits per heavy atom. The Morgan fingerprint density at radius 1 is 1.32 bits per heavy atom. The van der Waals surface area contributed by atoms with Crippen molar-refractivity contribution < 1.29 is 18.3 Å². The first kappa shape index (κ1) is 19.0. The number of hydrogen-bond donors (Lipinski definition) is 2. The van der Waals surface area contributed by atoms with Gasteiger partial charge in [-0.25, -0.2) is 12.7 Å². The third-order valence-electron chi connectivity index (χ3n) is 2.98. The van der Waals surface area contributed by atoms with E-state index in [1.54, 1.807) is 6.92 Å². The SMILES string of the molecule is CSCC(C)(O)CNC(=O)c1ccc(S(=O)(=O)N(C)C)cc1. The highest BCUT2D eigenvalue weighted by atomic mass is 32.2. The lowest BCUT2D eigenvalue weighted by molar-refractivity contribution is 0.0725. The predicted octanol–water partition coefficient (Wildman–Crippen LogP) is 0.781. The van der Waals surface area contributed by atoms with Crippen molar-refractivity contribution in [3.8, 4) is 0 Å². The van der Waals surface area contributed by atoms with E-state index in [0.29, 0.717) is 11.3 Å². The lowest BCUT2D eigenvalue weighted by Gasteiger charge is -2.22. The van der Waals surface area contributed by atoms with Crippen LogP contribution in [0, 0.1) is 0 Å². The van der Waals surface area contributed by atoms with Crippen molar-refractivity contribution in [1.82, 2.24) is 9.62 Å². The molecular formula is C14H22N2O4S2. The highest BCUT2D eigenvalue weighted by molar-refractivity contribution is 7.98. The minimum Gasteiger partial charge on any atom is -0.387 e. The van der Waals surface area contributed by atoms with Crippen LogP contribution in [0.3, 0.4) is 0 Å². The normalized spacial score (nSPS) is 14.6. The summed E-state index contributed by atoms with van der Waals surface area (Å²) in [5.74, 6) is 0.156. The molecule has 22 heavy (non-hydrogen) atoms. The number of carbonyl (C=O) groups is 1. The first-order valence-corrected chi connectivity index (χ1v) is 9.46. The highest BCUT2D eigenvalue weighted by Gasteiger charge is 2.21. The van der Waals surface area contributed by atoms with E-state index < -0.39 is 15.6 Å². The summed E-state index contributed by atoms with van der Waals surface area (Å²) >= 11 is 1.49. The average molecular weight is 346 g/mol. The zero-order valence-electron chi connectivity index (χ0n) is 13.2. The van der Waals surface area contributed by atoms with E-state index in [1.165, 1.54) is 50.1 Å². The maximum atomic E-state index is 12.0. The number of carbonyl (C=O) groups excluding carboxylic acids is 1. The lowest BCUT2D eigenvalue weighted by Crippen LogP contribution is -2.42. The van der Waals surface area contributed by atoms with Gasteiger partial charge in [0.15, 0.2) is 0 Å². The van der Waals surface area contributed by atoms with E-state index in [9.17, 15) is 18.3 Å². The van der Waals surface area contributed by atoms with Crippen LogP contribution in [0.25, 0.3) is 0 Å². The number of nitrogens with one attached hydrogen (secondary N) is 1. The Hall–Kier alpha value is -1.09. The van der Waals surface area contributed by atoms with E-state index in [2.05, 4.69) is 5.32 Å². The van der Waals surface area contributed by atoms with Gasteiger partial charge in [0.25, 0.3) is 5.91 Å². The van der Waals surface area contributed by atoms with Crippen molar-refractivity contribution in [2.75, 3.05) is 32.6 Å². The number of benzene rings is 1. The van der Waals surface area contributed by atoms with Crippen LogP contribution in [0.2, 0.25) is 0 Å². The standard InChI is InChI=1S/C14H22N2O4S2/c1-14(18,10-21-4)9-15-13(17)11-5-7-12(8-6-11)22(19,20)16(2)3/h5-8,18H,9-10H2,1-4H3,(H,15,17). The predicted molar refractivity (Wildman–Crippen MR) is 88.7 cm³/mol. The smallest absolute Gasteiger partial charge is 0.251 e. The maximum absolute atomic E-state index is 12.0. The molecule has 1 atom stereocenters. The average Bonchev–Trinajstić information content (AvgIpc) is 2.44. The fraction of sp³-hybridized carbons (Fsp3) is 0.500. The monoisotopic (exact) mass is 346 g/mol. The Balaban J connectivity index is 2.77. The molecule has 0 saturated carbocycles. The van der Waals surface area contributed by atoms with Crippen molar-refractivity contribution in [3.63, 3.8) is 0 Å². The van der Waals surface area contributed by atoms with Crippen LogP contribution in [-0.4, -0.2) is 62.0 Å². The van der Waals surface area contributed by atoms with Crippen LogP contribution in [0.5, 0.6) is 0 Å². The van der Waals surface area contributed by atoms with Gasteiger partial charge in [0.1, 0.15) is 0 Å². The summed E-state index contributed by atoms with van der Waals surface area (Å²) in [7, 11) is -0.607. The molecule has 0 aliphatic rings. The molecule has 0 radical (unpaired) electrons. The molecule has 0 saturated heterocycles. The number of nitrogens with zero attached hydrogens (tertiary/aromatic N) is 1. The van der Waals surface area contributed by atoms with Crippen molar-refractivity contribution >= 4 is 27.7 Å². The third kappa shape index (κ3) is 4.98. The Labute approximate surface area is 136 Å². The van der Waals surface area contributed by atoms with E-state index in [4.69, 9.17) is 0 Å². The summed E-state index contributed by atoms with van der Waals surface area (Å²) in [5, 5.41) is 12.6. The number of amides is 1. The fourth-order valence-corrected chi connectivity index (χ4v) is 3.35. The summed E-state index contributed by atoms with van der Waals surface area (Å²) in [5.41, 5.74) is -0.638. The van der Waals surface area contributed by atoms with Crippen molar-refractivity contribution in [2.45, 2.75) is 17.4 Å². The third-order valence-corrected chi connectivity index (χ3v) is 5.72. The molecule has 0 spiro atoms. The number of sulfonamides is 1. The minimum atomic E-state index is -3.50. The van der Waals surface area contributed by atoms with Gasteiger partial charge in [0.05, 0.1) is 10.5 Å². The second kappa shape index (κ2) is 7.45. The molecule has 1 aromatic rings. The maximum Gasteiger partial charge on any atom is 0.251 e. The summed E-state index contributed by atoms with van der Waals surface area (Å²) < 4.78 is 25.0. The van der Waals surface area contributed by atoms with Crippen LogP contribution in [0.1, 0.15) is 17.3 Å². The Kier molecular flexibility index (Phi) is 6.42. The molecule has 6 nitrogen and oxygen atoms in total. The first-order chi connectivity index (χ1) is 10.1. The quantitative estimate of drug-likeness (QED) is 0.762. The molecule has 8 heteroatoms. The summed E-state index contributed by atoms with van der Waals surface area (Å²) in [6, 6.07) is 5.69. The number of hydrogen-bond acceptors (Lipinski definition) is 5. The molecule has 0 fully saturated rings. The van der Waals surface area contributed by atoms with Gasteiger partial charge in [-0.1, -0.05) is 0 Å². The van der Waals surface area contributed by atoms with Gasteiger partial charge >= 0.3 is 0 Å². The van der Waals surface area contributed by atoms with Gasteiger partial charge in [-0.2, -0.15) is 11.8 Å². The topological polar surface area (TPSA) is 86.7 Å². The number of rotatable bonds is 7. The largest absolute Gasteiger partial charge is 0.387 e. The fourth-order valence-electron chi connectivity index (χ4n) is 1.72. The lowest BCUT2D eigenvalue weighted by atomic mass is 10.1. The molecule has 0 aromatic heterocycles. The van der Waals surface area contributed by atoms with E-state index >= 15 is 0 Å².